The Morgan fingerprint density at radius 1 is 1.03 bits per heavy atom. The van der Waals surface area contributed by atoms with Gasteiger partial charge in [0.1, 0.15) is 5.82 Å². The average molecular weight is 431 g/mol. The molecule has 2 aliphatic rings. The molecule has 2 aliphatic heterocycles. The van der Waals surface area contributed by atoms with Crippen molar-refractivity contribution in [1.82, 2.24) is 14.8 Å². The van der Waals surface area contributed by atoms with Gasteiger partial charge in [-0.05, 0) is 41.8 Å². The van der Waals surface area contributed by atoms with Gasteiger partial charge in [0.15, 0.2) is 11.5 Å². The third-order valence-corrected chi connectivity index (χ3v) is 6.06. The first kappa shape index (κ1) is 20.8. The van der Waals surface area contributed by atoms with E-state index in [9.17, 15) is 4.79 Å². The van der Waals surface area contributed by atoms with Crippen molar-refractivity contribution in [3.8, 4) is 11.5 Å². The summed E-state index contributed by atoms with van der Waals surface area (Å²) in [7, 11) is 3.28. The topological polar surface area (TPSA) is 58.1 Å². The zero-order valence-corrected chi connectivity index (χ0v) is 18.2. The molecule has 1 aromatic carbocycles. The van der Waals surface area contributed by atoms with Crippen LogP contribution in [0, 0.1) is 0 Å². The van der Waals surface area contributed by atoms with E-state index in [0.29, 0.717) is 23.9 Å². The smallest absolute Gasteiger partial charge is 0.237 e. The van der Waals surface area contributed by atoms with Crippen LogP contribution in [0.5, 0.6) is 11.5 Å². The highest BCUT2D eigenvalue weighted by molar-refractivity contribution is 6.30. The second-order valence-corrected chi connectivity index (χ2v) is 8.08. The second kappa shape index (κ2) is 9.10. The van der Waals surface area contributed by atoms with Crippen molar-refractivity contribution in [2.45, 2.75) is 13.0 Å². The Morgan fingerprint density at radius 2 is 1.73 bits per heavy atom. The van der Waals surface area contributed by atoms with Crippen LogP contribution in [-0.4, -0.2) is 74.2 Å². The fourth-order valence-electron chi connectivity index (χ4n) is 4.08. The fourth-order valence-corrected chi connectivity index (χ4v) is 4.19. The summed E-state index contributed by atoms with van der Waals surface area (Å²) in [6.07, 6.45) is 2.50. The molecule has 2 aromatic rings. The number of carbonyl (C=O) groups is 1. The van der Waals surface area contributed by atoms with Crippen LogP contribution in [-0.2, 0) is 17.8 Å². The van der Waals surface area contributed by atoms with Crippen molar-refractivity contribution < 1.29 is 14.3 Å². The van der Waals surface area contributed by atoms with Crippen molar-refractivity contribution in [3.05, 3.63) is 46.6 Å². The largest absolute Gasteiger partial charge is 0.493 e. The number of fused-ring (bicyclic) bond motifs is 1. The van der Waals surface area contributed by atoms with Crippen molar-refractivity contribution in [2.24, 2.45) is 0 Å². The van der Waals surface area contributed by atoms with Gasteiger partial charge in [-0.25, -0.2) is 4.98 Å². The van der Waals surface area contributed by atoms with Crippen molar-refractivity contribution in [2.75, 3.05) is 58.4 Å². The van der Waals surface area contributed by atoms with Crippen molar-refractivity contribution in [1.29, 1.82) is 0 Å². The molecule has 0 N–H and O–H groups in total. The number of ether oxygens (including phenoxy) is 2. The van der Waals surface area contributed by atoms with Crippen LogP contribution in [0.2, 0.25) is 5.02 Å². The molecule has 1 aromatic heterocycles. The number of pyridine rings is 1. The van der Waals surface area contributed by atoms with Crippen LogP contribution >= 0.6 is 11.6 Å². The summed E-state index contributed by atoms with van der Waals surface area (Å²) in [5, 5.41) is 0.641. The number of nitrogens with zero attached hydrogens (tertiary/aromatic N) is 4. The van der Waals surface area contributed by atoms with Gasteiger partial charge in [0.2, 0.25) is 5.91 Å². The van der Waals surface area contributed by atoms with Gasteiger partial charge in [-0.2, -0.15) is 0 Å². The van der Waals surface area contributed by atoms with Gasteiger partial charge in [0, 0.05) is 45.5 Å². The van der Waals surface area contributed by atoms with Gasteiger partial charge in [-0.15, -0.1) is 0 Å². The van der Waals surface area contributed by atoms with Crippen molar-refractivity contribution >= 4 is 23.3 Å². The highest BCUT2D eigenvalue weighted by Gasteiger charge is 2.26. The second-order valence-electron chi connectivity index (χ2n) is 7.64. The van der Waals surface area contributed by atoms with Gasteiger partial charge in [-0.1, -0.05) is 11.6 Å². The molecule has 3 heterocycles. The molecule has 4 rings (SSSR count). The summed E-state index contributed by atoms with van der Waals surface area (Å²) in [6, 6.07) is 7.82. The number of halogens is 1. The molecule has 0 saturated carbocycles. The molecule has 7 nitrogen and oxygen atoms in total. The molecule has 0 atom stereocenters. The number of rotatable bonds is 5. The normalized spacial score (nSPS) is 16.9. The predicted molar refractivity (Wildman–Crippen MR) is 117 cm³/mol. The number of piperazine rings is 1. The predicted octanol–water partition coefficient (Wildman–Crippen LogP) is 2.46. The summed E-state index contributed by atoms with van der Waals surface area (Å²) >= 11 is 5.92. The maximum atomic E-state index is 12.9. The third-order valence-electron chi connectivity index (χ3n) is 5.84. The molecule has 1 amide bonds. The fraction of sp³-hybridized carbons (Fsp3) is 0.455. The van der Waals surface area contributed by atoms with E-state index in [1.165, 1.54) is 5.56 Å². The molecular weight excluding hydrogens is 404 g/mol. The van der Waals surface area contributed by atoms with Gasteiger partial charge < -0.3 is 19.3 Å². The summed E-state index contributed by atoms with van der Waals surface area (Å²) in [5.74, 6) is 2.55. The average Bonchev–Trinajstić information content (AvgIpc) is 2.78. The van der Waals surface area contributed by atoms with Crippen LogP contribution in [0.3, 0.4) is 0 Å². The summed E-state index contributed by atoms with van der Waals surface area (Å²) in [6.45, 7) is 5.17. The molecule has 8 heteroatoms. The third kappa shape index (κ3) is 4.47. The van der Waals surface area contributed by atoms with E-state index >= 15 is 0 Å². The lowest BCUT2D eigenvalue weighted by atomic mass is 9.98. The summed E-state index contributed by atoms with van der Waals surface area (Å²) < 4.78 is 10.8. The van der Waals surface area contributed by atoms with Crippen LogP contribution in [0.4, 0.5) is 5.82 Å². The lowest BCUT2D eigenvalue weighted by molar-refractivity contribution is -0.133. The number of hydrogen-bond donors (Lipinski definition) is 0. The van der Waals surface area contributed by atoms with Crippen molar-refractivity contribution in [3.63, 3.8) is 0 Å². The number of anilines is 1. The zero-order chi connectivity index (χ0) is 21.1. The Balaban J connectivity index is 1.32. The first-order chi connectivity index (χ1) is 14.6. The number of benzene rings is 1. The Morgan fingerprint density at radius 3 is 2.37 bits per heavy atom. The quantitative estimate of drug-likeness (QED) is 0.726. The van der Waals surface area contributed by atoms with E-state index in [0.717, 1.165) is 56.3 Å². The molecule has 0 aliphatic carbocycles. The zero-order valence-electron chi connectivity index (χ0n) is 17.4. The number of hydrogen-bond acceptors (Lipinski definition) is 6. The van der Waals surface area contributed by atoms with Gasteiger partial charge in [0.25, 0.3) is 0 Å². The summed E-state index contributed by atoms with van der Waals surface area (Å²) in [4.78, 5) is 23.7. The first-order valence-electron chi connectivity index (χ1n) is 10.2. The van der Waals surface area contributed by atoms with Crippen LogP contribution in [0.25, 0.3) is 0 Å². The molecule has 0 bridgehead atoms. The first-order valence-corrected chi connectivity index (χ1v) is 10.6. The van der Waals surface area contributed by atoms with Gasteiger partial charge in [0.05, 0.1) is 25.8 Å². The summed E-state index contributed by atoms with van der Waals surface area (Å²) in [5.41, 5.74) is 2.35. The minimum absolute atomic E-state index is 0.175. The van der Waals surface area contributed by atoms with Gasteiger partial charge in [-0.3, -0.25) is 9.69 Å². The van der Waals surface area contributed by atoms with E-state index in [2.05, 4.69) is 14.8 Å². The highest BCUT2D eigenvalue weighted by Crippen LogP contribution is 2.33. The number of amides is 1. The molecule has 1 saturated heterocycles. The molecule has 30 heavy (non-hydrogen) atoms. The van der Waals surface area contributed by atoms with Crippen LogP contribution in [0.15, 0.2) is 30.5 Å². The Kier molecular flexibility index (Phi) is 6.29. The number of methoxy groups -OCH3 is 2. The maximum Gasteiger partial charge on any atom is 0.237 e. The standard InChI is InChI=1S/C22H27ClN4O3/c1-29-19-11-16-5-6-27(14-17(16)12-20(19)30-2)22(28)15-25-7-9-26(10-8-25)21-4-3-18(23)13-24-21/h3-4,11-13H,5-10,14-15H2,1-2H3. The Bertz CT molecular complexity index is 898. The maximum absolute atomic E-state index is 12.9. The van der Waals surface area contributed by atoms with Gasteiger partial charge >= 0.3 is 0 Å². The molecule has 0 radical (unpaired) electrons. The Hall–Kier alpha value is -2.51. The minimum atomic E-state index is 0.175. The lowest BCUT2D eigenvalue weighted by Gasteiger charge is -2.36. The highest BCUT2D eigenvalue weighted by atomic mass is 35.5. The van der Waals surface area contributed by atoms with E-state index in [-0.39, 0.29) is 5.91 Å². The van der Waals surface area contributed by atoms with Crippen LogP contribution in [0.1, 0.15) is 11.1 Å². The molecule has 1 fully saturated rings. The molecular formula is C22H27ClN4O3. The number of aromatic nitrogens is 1. The minimum Gasteiger partial charge on any atom is -0.493 e. The Labute approximate surface area is 182 Å². The number of carbonyl (C=O) groups excluding carboxylic acids is 1. The molecule has 0 spiro atoms. The van der Waals surface area contributed by atoms with Crippen LogP contribution < -0.4 is 14.4 Å². The molecule has 0 unspecified atom stereocenters. The SMILES string of the molecule is COc1cc2c(cc1OC)CN(C(=O)CN1CCN(c3ccc(Cl)cn3)CC1)CC2. The molecule has 160 valence electrons. The van der Waals surface area contributed by atoms with E-state index in [1.54, 1.807) is 20.4 Å². The van der Waals surface area contributed by atoms with E-state index < -0.39 is 0 Å². The van der Waals surface area contributed by atoms with E-state index in [4.69, 9.17) is 21.1 Å². The monoisotopic (exact) mass is 430 g/mol. The lowest BCUT2D eigenvalue weighted by Crippen LogP contribution is -2.50. The van der Waals surface area contributed by atoms with E-state index in [1.807, 2.05) is 29.2 Å².